The van der Waals surface area contributed by atoms with Gasteiger partial charge in [0.25, 0.3) is 5.91 Å². The molecule has 124 valence electrons. The van der Waals surface area contributed by atoms with E-state index >= 15 is 0 Å². The molecule has 0 bridgehead atoms. The van der Waals surface area contributed by atoms with Crippen LogP contribution in [0.5, 0.6) is 0 Å². The smallest absolute Gasteiger partial charge is 0.290 e. The number of amides is 1. The Morgan fingerprint density at radius 1 is 1.30 bits per heavy atom. The SMILES string of the molecule is CCc1cc(C(=O)N2CCOC[C@@H]2c2nnc(C)o2)oc1CC. The summed E-state index contributed by atoms with van der Waals surface area (Å²) in [5.74, 6) is 1.94. The topological polar surface area (TPSA) is 81.6 Å². The maximum atomic E-state index is 12.9. The van der Waals surface area contributed by atoms with Crippen molar-refractivity contribution < 1.29 is 18.4 Å². The predicted octanol–water partition coefficient (Wildman–Crippen LogP) is 2.31. The van der Waals surface area contributed by atoms with Crippen molar-refractivity contribution in [3.63, 3.8) is 0 Å². The van der Waals surface area contributed by atoms with Crippen molar-refractivity contribution in [1.82, 2.24) is 15.1 Å². The zero-order valence-corrected chi connectivity index (χ0v) is 13.7. The maximum absolute atomic E-state index is 12.9. The third kappa shape index (κ3) is 3.01. The summed E-state index contributed by atoms with van der Waals surface area (Å²) in [5.41, 5.74) is 1.08. The van der Waals surface area contributed by atoms with Crippen molar-refractivity contribution in [2.75, 3.05) is 19.8 Å². The molecule has 2 aromatic rings. The Hall–Kier alpha value is -2.15. The van der Waals surface area contributed by atoms with Crippen LogP contribution in [-0.2, 0) is 17.6 Å². The molecular weight excluding hydrogens is 298 g/mol. The lowest BCUT2D eigenvalue weighted by molar-refractivity contribution is -0.0121. The van der Waals surface area contributed by atoms with Crippen LogP contribution in [0.4, 0.5) is 0 Å². The molecule has 3 heterocycles. The largest absolute Gasteiger partial charge is 0.456 e. The van der Waals surface area contributed by atoms with Crippen LogP contribution in [0, 0.1) is 6.92 Å². The molecule has 1 aliphatic heterocycles. The number of carbonyl (C=O) groups excluding carboxylic acids is 1. The molecule has 1 amide bonds. The van der Waals surface area contributed by atoms with E-state index in [4.69, 9.17) is 13.6 Å². The van der Waals surface area contributed by atoms with E-state index in [0.29, 0.717) is 37.3 Å². The second-order valence-corrected chi connectivity index (χ2v) is 5.51. The van der Waals surface area contributed by atoms with Crippen molar-refractivity contribution in [2.45, 2.75) is 39.7 Å². The van der Waals surface area contributed by atoms with Crippen LogP contribution in [-0.4, -0.2) is 40.8 Å². The van der Waals surface area contributed by atoms with E-state index in [2.05, 4.69) is 17.1 Å². The number of rotatable bonds is 4. The molecule has 0 spiro atoms. The van der Waals surface area contributed by atoms with Crippen molar-refractivity contribution in [3.8, 4) is 0 Å². The molecule has 0 unspecified atom stereocenters. The molecule has 7 nitrogen and oxygen atoms in total. The Balaban J connectivity index is 1.88. The zero-order valence-electron chi connectivity index (χ0n) is 13.7. The molecular formula is C16H21N3O4. The summed E-state index contributed by atoms with van der Waals surface area (Å²) >= 11 is 0. The summed E-state index contributed by atoms with van der Waals surface area (Å²) in [6.07, 6.45) is 1.61. The summed E-state index contributed by atoms with van der Waals surface area (Å²) in [7, 11) is 0. The molecule has 1 atom stereocenters. The van der Waals surface area contributed by atoms with Gasteiger partial charge in [0.1, 0.15) is 11.8 Å². The van der Waals surface area contributed by atoms with Crippen molar-refractivity contribution >= 4 is 5.91 Å². The van der Waals surface area contributed by atoms with Gasteiger partial charge in [0.05, 0.1) is 13.2 Å². The summed E-state index contributed by atoms with van der Waals surface area (Å²) in [5, 5.41) is 7.87. The van der Waals surface area contributed by atoms with Gasteiger partial charge in [0, 0.05) is 19.9 Å². The first-order valence-electron chi connectivity index (χ1n) is 7.94. The van der Waals surface area contributed by atoms with Gasteiger partial charge >= 0.3 is 0 Å². The van der Waals surface area contributed by atoms with Crippen molar-refractivity contribution in [1.29, 1.82) is 0 Å². The highest BCUT2D eigenvalue weighted by atomic mass is 16.5. The highest BCUT2D eigenvalue weighted by Crippen LogP contribution is 2.27. The first kappa shape index (κ1) is 15.7. The monoisotopic (exact) mass is 319 g/mol. The van der Waals surface area contributed by atoms with E-state index in [1.165, 1.54) is 0 Å². The average molecular weight is 319 g/mol. The molecule has 1 fully saturated rings. The second-order valence-electron chi connectivity index (χ2n) is 5.51. The number of aryl methyl sites for hydroxylation is 3. The van der Waals surface area contributed by atoms with Crippen LogP contribution in [0.1, 0.15) is 53.5 Å². The highest BCUT2D eigenvalue weighted by molar-refractivity contribution is 5.92. The van der Waals surface area contributed by atoms with Gasteiger partial charge < -0.3 is 18.5 Å². The van der Waals surface area contributed by atoms with E-state index in [9.17, 15) is 4.79 Å². The molecule has 0 aromatic carbocycles. The van der Waals surface area contributed by atoms with Crippen molar-refractivity contribution in [2.24, 2.45) is 0 Å². The van der Waals surface area contributed by atoms with Gasteiger partial charge in [-0.15, -0.1) is 10.2 Å². The van der Waals surface area contributed by atoms with Crippen LogP contribution >= 0.6 is 0 Å². The minimum Gasteiger partial charge on any atom is -0.456 e. The van der Waals surface area contributed by atoms with Crippen molar-refractivity contribution in [3.05, 3.63) is 34.9 Å². The lowest BCUT2D eigenvalue weighted by atomic mass is 10.1. The molecule has 2 aromatic heterocycles. The first-order valence-corrected chi connectivity index (χ1v) is 7.94. The van der Waals surface area contributed by atoms with E-state index < -0.39 is 0 Å². The minimum atomic E-state index is -0.377. The van der Waals surface area contributed by atoms with Gasteiger partial charge in [-0.1, -0.05) is 13.8 Å². The minimum absolute atomic E-state index is 0.163. The van der Waals surface area contributed by atoms with Crippen LogP contribution in [0.15, 0.2) is 14.9 Å². The van der Waals surface area contributed by atoms with E-state index in [1.807, 2.05) is 13.0 Å². The van der Waals surface area contributed by atoms with E-state index in [-0.39, 0.29) is 11.9 Å². The Bertz CT molecular complexity index is 670. The standard InChI is InChI=1S/C16H21N3O4/c1-4-11-8-14(23-13(11)5-2)16(20)19-6-7-21-9-12(19)15-18-17-10(3)22-15/h8,12H,4-7,9H2,1-3H3/t12-/m1/s1. The summed E-state index contributed by atoms with van der Waals surface area (Å²) in [6.45, 7) is 7.09. The summed E-state index contributed by atoms with van der Waals surface area (Å²) in [6, 6.07) is 1.46. The quantitative estimate of drug-likeness (QED) is 0.860. The van der Waals surface area contributed by atoms with E-state index in [1.54, 1.807) is 11.8 Å². The number of furan rings is 1. The third-order valence-electron chi connectivity index (χ3n) is 4.03. The first-order chi connectivity index (χ1) is 11.1. The van der Waals surface area contributed by atoms with Gasteiger partial charge in [0.15, 0.2) is 5.76 Å². The lowest BCUT2D eigenvalue weighted by Crippen LogP contribution is -2.43. The van der Waals surface area contributed by atoms with Gasteiger partial charge in [-0.3, -0.25) is 4.79 Å². The van der Waals surface area contributed by atoms with Crippen LogP contribution in [0.25, 0.3) is 0 Å². The lowest BCUT2D eigenvalue weighted by Gasteiger charge is -2.32. The molecule has 23 heavy (non-hydrogen) atoms. The van der Waals surface area contributed by atoms with Crippen LogP contribution < -0.4 is 0 Å². The van der Waals surface area contributed by atoms with Gasteiger partial charge in [-0.2, -0.15) is 0 Å². The fourth-order valence-electron chi connectivity index (χ4n) is 2.81. The predicted molar refractivity (Wildman–Crippen MR) is 81.1 cm³/mol. The summed E-state index contributed by atoms with van der Waals surface area (Å²) in [4.78, 5) is 14.6. The highest BCUT2D eigenvalue weighted by Gasteiger charge is 2.34. The Kier molecular flexibility index (Phi) is 4.47. The molecule has 0 saturated carbocycles. The average Bonchev–Trinajstić information content (AvgIpc) is 3.20. The Morgan fingerprint density at radius 3 is 2.74 bits per heavy atom. The third-order valence-corrected chi connectivity index (χ3v) is 4.03. The van der Waals surface area contributed by atoms with Gasteiger partial charge in [-0.05, 0) is 18.1 Å². The maximum Gasteiger partial charge on any atom is 0.290 e. The van der Waals surface area contributed by atoms with Crippen LogP contribution in [0.2, 0.25) is 0 Å². The molecule has 1 aliphatic rings. The number of hydrogen-bond donors (Lipinski definition) is 0. The molecule has 0 N–H and O–H groups in total. The van der Waals surface area contributed by atoms with E-state index in [0.717, 1.165) is 24.2 Å². The number of morpholine rings is 1. The number of nitrogens with zero attached hydrogens (tertiary/aromatic N) is 3. The number of carbonyl (C=O) groups is 1. The molecule has 7 heteroatoms. The molecule has 0 aliphatic carbocycles. The van der Waals surface area contributed by atoms with Gasteiger partial charge in [0.2, 0.25) is 11.8 Å². The van der Waals surface area contributed by atoms with Gasteiger partial charge in [-0.25, -0.2) is 0 Å². The normalized spacial score (nSPS) is 18.4. The van der Waals surface area contributed by atoms with Crippen LogP contribution in [0.3, 0.4) is 0 Å². The Morgan fingerprint density at radius 2 is 2.13 bits per heavy atom. The fourth-order valence-corrected chi connectivity index (χ4v) is 2.81. The summed E-state index contributed by atoms with van der Waals surface area (Å²) < 4.78 is 16.7. The fraction of sp³-hybridized carbons (Fsp3) is 0.562. The second kappa shape index (κ2) is 6.54. The Labute approximate surface area is 134 Å². The molecule has 0 radical (unpaired) electrons. The zero-order chi connectivity index (χ0) is 16.4. The molecule has 3 rings (SSSR count). The number of ether oxygens (including phenoxy) is 1. The molecule has 1 saturated heterocycles. The number of hydrogen-bond acceptors (Lipinski definition) is 6. The number of aromatic nitrogens is 2.